The van der Waals surface area contributed by atoms with Crippen molar-refractivity contribution >= 4 is 101 Å². The molecule has 2 spiro atoms. The van der Waals surface area contributed by atoms with Gasteiger partial charge in [0.05, 0.1) is 110 Å². The van der Waals surface area contributed by atoms with Gasteiger partial charge in [-0.1, -0.05) is 114 Å². The third-order valence-corrected chi connectivity index (χ3v) is 24.9. The number of likely N-dealkylation sites (tertiary alicyclic amines) is 2. The molecule has 4 heterocycles. The molecule has 1 N–H and O–H groups in total. The molecule has 0 radical (unpaired) electrons. The molecule has 0 aromatic heterocycles. The molecule has 10 rings (SSSR count). The maximum absolute atomic E-state index is 13.8. The average molecular weight is 1510 g/mol. The number of benzene rings is 6. The van der Waals surface area contributed by atoms with Gasteiger partial charge in [0.1, 0.15) is 5.60 Å². The van der Waals surface area contributed by atoms with Gasteiger partial charge in [-0.15, -0.1) is 0 Å². The summed E-state index contributed by atoms with van der Waals surface area (Å²) in [7, 11) is 11.4. The van der Waals surface area contributed by atoms with Gasteiger partial charge in [-0.2, -0.15) is 27.0 Å². The number of fused-ring (bicyclic) bond motifs is 4. The van der Waals surface area contributed by atoms with Crippen LogP contribution in [-0.4, -0.2) is 144 Å². The van der Waals surface area contributed by atoms with Crippen molar-refractivity contribution in [2.45, 2.75) is 130 Å². The minimum Gasteiger partial charge on any atom is -0.493 e. The Morgan fingerprint density at radius 3 is 1.35 bits per heavy atom. The fourth-order valence-corrected chi connectivity index (χ4v) is 18.4. The first kappa shape index (κ1) is 82.3. The van der Waals surface area contributed by atoms with E-state index in [-0.39, 0.29) is 57.1 Å². The minimum absolute atomic E-state index is 0. The summed E-state index contributed by atoms with van der Waals surface area (Å²) < 4.78 is 78.1. The lowest BCUT2D eigenvalue weighted by Gasteiger charge is -2.43. The number of methoxy groups -OCH3 is 6. The molecule has 2 unspecified atom stereocenters. The molecule has 6 aromatic carbocycles. The van der Waals surface area contributed by atoms with Crippen LogP contribution in [0.5, 0.6) is 34.5 Å². The summed E-state index contributed by atoms with van der Waals surface area (Å²) in [6.45, 7) is 12.0. The van der Waals surface area contributed by atoms with Crippen LogP contribution in [0.2, 0.25) is 20.1 Å². The number of amides is 1. The van der Waals surface area contributed by atoms with E-state index in [1.165, 1.54) is 22.3 Å². The van der Waals surface area contributed by atoms with Crippen molar-refractivity contribution in [1.82, 2.24) is 20.0 Å². The zero-order chi connectivity index (χ0) is 68.3. The van der Waals surface area contributed by atoms with Crippen molar-refractivity contribution in [2.24, 2.45) is 0 Å². The van der Waals surface area contributed by atoms with Crippen LogP contribution in [0.15, 0.2) is 109 Å². The fourth-order valence-electron chi connectivity index (χ4n) is 14.1. The molecule has 2 fully saturated rings. The maximum Gasteiger partial charge on any atom is 0.410 e. The number of piperidine rings is 2. The molecule has 4 aliphatic rings. The molecule has 4 aliphatic heterocycles. The lowest BCUT2D eigenvalue weighted by molar-refractivity contribution is -0.0356. The van der Waals surface area contributed by atoms with Crippen molar-refractivity contribution in [3.8, 4) is 34.5 Å². The van der Waals surface area contributed by atoms with Gasteiger partial charge in [0.15, 0.2) is 23.0 Å². The number of hydrogen-bond acceptors (Lipinski definition) is 15. The fraction of sp³-hybridized carbons (Fsp3) is 0.500. The van der Waals surface area contributed by atoms with E-state index in [1.54, 1.807) is 60.7 Å². The number of halogens is 4. The Kier molecular flexibility index (Phi) is 30.6. The summed E-state index contributed by atoms with van der Waals surface area (Å²) in [4.78, 5) is 20.4. The number of rotatable bonds is 26. The maximum atomic E-state index is 13.8. The molecule has 6 aromatic rings. The predicted octanol–water partition coefficient (Wildman–Crippen LogP) is 15.9. The highest BCUT2D eigenvalue weighted by atomic mass is 35.5. The van der Waals surface area contributed by atoms with Crippen LogP contribution in [0.3, 0.4) is 0 Å². The first-order chi connectivity index (χ1) is 45.5. The monoisotopic (exact) mass is 1500 g/mol. The molecule has 24 heteroatoms. The number of carbonyl (C=O) groups excluding carboxylic acids is 1. The highest BCUT2D eigenvalue weighted by Crippen LogP contribution is 2.49. The topological polar surface area (TPSA) is 156 Å². The molecule has 0 aliphatic carbocycles. The first-order valence-electron chi connectivity index (χ1n) is 32.2. The Labute approximate surface area is 620 Å². The quantitative estimate of drug-likeness (QED) is 0.0547. The second-order valence-corrected chi connectivity index (χ2v) is 31.0. The molecule has 16 nitrogen and oxygen atoms in total. The Hall–Kier alpha value is -4.65. The molecule has 0 saturated carbocycles. The van der Waals surface area contributed by atoms with Gasteiger partial charge in [-0.25, -0.2) is 4.79 Å². The number of likely N-dealkylation sites (N-methyl/N-ethyl adjacent to an activating group) is 2. The largest absolute Gasteiger partial charge is 0.493 e. The zero-order valence-electron chi connectivity index (χ0n) is 57.6. The van der Waals surface area contributed by atoms with Crippen molar-refractivity contribution in [3.63, 3.8) is 0 Å². The molecule has 540 valence electrons. The number of nitrogens with zero attached hydrogens (tertiary/aromatic N) is 3. The van der Waals surface area contributed by atoms with Crippen molar-refractivity contribution in [3.05, 3.63) is 174 Å². The molecule has 2 saturated heterocycles. The summed E-state index contributed by atoms with van der Waals surface area (Å²) in [5, 5.41) is 5.40. The normalized spacial score (nSPS) is 18.0. The highest BCUT2D eigenvalue weighted by Gasteiger charge is 2.49. The second kappa shape index (κ2) is 36.5. The SMILES string of the molecule is C.CN[C@](CCCN1CCC2(CC1)c1ccccc1CS2=O)(COCc1cc(OC)c(OC)c(OC)c1)c1ccc(Cl)c(Cl)c1.COc1cc(COC[C@](CCCN2CCC3(CC2)c2ccccc2CS3=O)(c2ccc(Cl)c(Cl)c2)N(C)C(=O)OC(C)(C)C)cc(OC)c1OC.S.S. The number of ether oxygens (including phenoxy) is 9. The highest BCUT2D eigenvalue weighted by molar-refractivity contribution is 7.85. The average Bonchev–Trinajstić information content (AvgIpc) is 1.60. The summed E-state index contributed by atoms with van der Waals surface area (Å²) in [6, 6.07) is 35.6. The van der Waals surface area contributed by atoms with Crippen LogP contribution in [0.25, 0.3) is 0 Å². The van der Waals surface area contributed by atoms with Gasteiger partial charge in [0.2, 0.25) is 11.5 Å². The smallest absolute Gasteiger partial charge is 0.410 e. The first-order valence-corrected chi connectivity index (χ1v) is 36.4. The lowest BCUT2D eigenvalue weighted by Crippen LogP contribution is -2.52. The number of nitrogens with one attached hydrogen (secondary N) is 1. The predicted molar refractivity (Wildman–Crippen MR) is 408 cm³/mol. The van der Waals surface area contributed by atoms with Crippen LogP contribution in [0.4, 0.5) is 4.79 Å². The van der Waals surface area contributed by atoms with E-state index in [1.807, 2.05) is 88.5 Å². The van der Waals surface area contributed by atoms with E-state index in [4.69, 9.17) is 89.0 Å². The van der Waals surface area contributed by atoms with Gasteiger partial charge in [-0.3, -0.25) is 13.3 Å². The molecule has 98 heavy (non-hydrogen) atoms. The van der Waals surface area contributed by atoms with Gasteiger partial charge >= 0.3 is 6.09 Å². The van der Waals surface area contributed by atoms with Crippen molar-refractivity contribution in [2.75, 3.05) is 109 Å². The molecule has 4 atom stereocenters. The molecular formula is C74H100Cl4N4O12S4. The molecular weight excluding hydrogens is 1410 g/mol. The number of hydrogen-bond donors (Lipinski definition) is 1. The second-order valence-electron chi connectivity index (χ2n) is 25.9. The number of carbonyl (C=O) groups is 1. The van der Waals surface area contributed by atoms with Crippen LogP contribution in [0.1, 0.15) is 124 Å². The van der Waals surface area contributed by atoms with E-state index in [0.717, 1.165) is 106 Å². The Balaban J connectivity index is 0.000000303. The summed E-state index contributed by atoms with van der Waals surface area (Å²) in [6.07, 6.45) is 6.15. The summed E-state index contributed by atoms with van der Waals surface area (Å²) in [5.74, 6) is 4.56. The standard InChI is InChI=1S/C39H50Cl2N2O7S.C34H42Cl2N2O5S.CH4.2H2S/c1-37(2,3)50-36(44)42(4)38(29-13-14-31(40)32(41)23-29,26-49-24-27-21-33(46-5)35(48-7)34(22-27)47-6)15-10-18-43-19-16-39(17-20-43)30-12-9-8-11-28(30)25-51(39)45;1-37-33(26-10-11-28(35)29(36)20-26,23-43-21-24-18-30(40-2)32(42-4)31(19-24)41-3)12-7-15-38-16-13-34(14-17-38)27-9-6-5-8-25(27)22-44(34)39;;;/h8-9,11-14,21-23H,10,15-20,24-26H2,1-7H3;5-6,8-11,18-20,37H,7,12-17,21-23H2,1-4H3;1H4;2*1H2/t38-,51?;33-,44?;;;/m11.../s1. The third kappa shape index (κ3) is 18.4. The minimum atomic E-state index is -0.972. The van der Waals surface area contributed by atoms with E-state index >= 15 is 0 Å². The van der Waals surface area contributed by atoms with Crippen molar-refractivity contribution < 1.29 is 55.8 Å². The summed E-state index contributed by atoms with van der Waals surface area (Å²) >= 11 is 25.8. The van der Waals surface area contributed by atoms with Gasteiger partial charge in [-0.05, 0) is 211 Å². The summed E-state index contributed by atoms with van der Waals surface area (Å²) in [5.41, 5.74) is 6.37. The van der Waals surface area contributed by atoms with E-state index in [9.17, 15) is 13.2 Å². The Bertz CT molecular complexity index is 3630. The zero-order valence-corrected chi connectivity index (χ0v) is 64.3. The van der Waals surface area contributed by atoms with E-state index in [2.05, 4.69) is 57.6 Å². The van der Waals surface area contributed by atoms with Gasteiger partial charge < -0.3 is 57.7 Å². The third-order valence-electron chi connectivity index (χ3n) is 19.3. The van der Waals surface area contributed by atoms with Gasteiger partial charge in [0, 0.05) is 40.2 Å². The Morgan fingerprint density at radius 1 is 0.551 bits per heavy atom. The molecule has 1 amide bonds. The van der Waals surface area contributed by atoms with Crippen LogP contribution in [-0.2, 0) is 81.1 Å². The van der Waals surface area contributed by atoms with Crippen LogP contribution in [0, 0.1) is 0 Å². The lowest BCUT2D eigenvalue weighted by atomic mass is 9.83. The van der Waals surface area contributed by atoms with Crippen LogP contribution < -0.4 is 33.7 Å². The van der Waals surface area contributed by atoms with E-state index < -0.39 is 44.4 Å². The molecule has 0 bridgehead atoms. The van der Waals surface area contributed by atoms with Crippen LogP contribution >= 0.6 is 73.4 Å². The van der Waals surface area contributed by atoms with E-state index in [0.29, 0.717) is 85.7 Å². The van der Waals surface area contributed by atoms with Crippen molar-refractivity contribution in [1.29, 1.82) is 0 Å². The van der Waals surface area contributed by atoms with Gasteiger partial charge in [0.25, 0.3) is 0 Å². The Morgan fingerprint density at radius 2 is 0.949 bits per heavy atom.